The molecule has 1 atom stereocenters. The zero-order valence-corrected chi connectivity index (χ0v) is 14.1. The van der Waals surface area contributed by atoms with Crippen LogP contribution in [0, 0.1) is 0 Å². The molecule has 1 unspecified atom stereocenters. The van der Waals surface area contributed by atoms with Gasteiger partial charge in [0, 0.05) is 30.8 Å². The molecule has 118 valence electrons. The fourth-order valence-electron chi connectivity index (χ4n) is 2.39. The Bertz CT molecular complexity index is 621. The van der Waals surface area contributed by atoms with Crippen molar-refractivity contribution >= 4 is 33.2 Å². The Hall–Kier alpha value is -0.530. The second-order valence-corrected chi connectivity index (χ2v) is 7.35. The number of halogens is 2. The number of sulfonamides is 1. The van der Waals surface area contributed by atoms with E-state index in [4.69, 9.17) is 32.7 Å². The molecular formula is C13H17Cl2NO4S. The first kappa shape index (κ1) is 16.8. The van der Waals surface area contributed by atoms with Gasteiger partial charge in [0.1, 0.15) is 10.6 Å². The van der Waals surface area contributed by atoms with Crippen LogP contribution in [-0.2, 0) is 20.6 Å². The smallest absolute Gasteiger partial charge is 0.246 e. The van der Waals surface area contributed by atoms with Gasteiger partial charge in [-0.05, 0) is 18.6 Å². The van der Waals surface area contributed by atoms with Crippen molar-refractivity contribution < 1.29 is 17.9 Å². The number of hydrogen-bond donors (Lipinski definition) is 0. The molecule has 0 radical (unpaired) electrons. The van der Waals surface area contributed by atoms with Gasteiger partial charge in [-0.2, -0.15) is 4.31 Å². The first-order valence-electron chi connectivity index (χ1n) is 6.39. The van der Waals surface area contributed by atoms with Crippen molar-refractivity contribution in [2.45, 2.75) is 23.3 Å². The summed E-state index contributed by atoms with van der Waals surface area (Å²) in [6.07, 6.45) is 0.582. The minimum atomic E-state index is -3.69. The third kappa shape index (κ3) is 3.29. The lowest BCUT2D eigenvalue weighted by atomic mass is 10.2. The fourth-order valence-corrected chi connectivity index (χ4v) is 4.61. The molecule has 1 fully saturated rings. The number of alkyl halides is 1. The quantitative estimate of drug-likeness (QED) is 0.763. The highest BCUT2D eigenvalue weighted by molar-refractivity contribution is 7.89. The maximum atomic E-state index is 12.8. The number of methoxy groups -OCH3 is 2. The second kappa shape index (κ2) is 6.71. The highest BCUT2D eigenvalue weighted by Crippen LogP contribution is 2.35. The van der Waals surface area contributed by atoms with Gasteiger partial charge in [0.2, 0.25) is 10.0 Å². The predicted octanol–water partition coefficient (Wildman–Crippen LogP) is 2.50. The van der Waals surface area contributed by atoms with E-state index in [9.17, 15) is 8.42 Å². The lowest BCUT2D eigenvalue weighted by molar-refractivity contribution is 0.115. The van der Waals surface area contributed by atoms with Gasteiger partial charge in [-0.25, -0.2) is 8.42 Å². The summed E-state index contributed by atoms with van der Waals surface area (Å²) in [6, 6.07) is 3.00. The molecule has 1 aliphatic rings. The van der Waals surface area contributed by atoms with E-state index in [1.807, 2.05) is 0 Å². The molecule has 0 amide bonds. The summed E-state index contributed by atoms with van der Waals surface area (Å²) < 4.78 is 37.4. The topological polar surface area (TPSA) is 55.8 Å². The number of rotatable bonds is 5. The van der Waals surface area contributed by atoms with Crippen molar-refractivity contribution in [2.75, 3.05) is 27.3 Å². The van der Waals surface area contributed by atoms with Crippen LogP contribution in [0.4, 0.5) is 0 Å². The van der Waals surface area contributed by atoms with Gasteiger partial charge < -0.3 is 9.47 Å². The van der Waals surface area contributed by atoms with Crippen LogP contribution < -0.4 is 4.74 Å². The van der Waals surface area contributed by atoms with Crippen LogP contribution in [0.3, 0.4) is 0 Å². The highest BCUT2D eigenvalue weighted by atomic mass is 35.5. The molecular weight excluding hydrogens is 337 g/mol. The minimum absolute atomic E-state index is 0.0462. The Morgan fingerprint density at radius 2 is 2.10 bits per heavy atom. The molecule has 0 saturated carbocycles. The van der Waals surface area contributed by atoms with Crippen LogP contribution in [-0.4, -0.2) is 46.1 Å². The Morgan fingerprint density at radius 1 is 1.38 bits per heavy atom. The molecule has 2 rings (SSSR count). The average Bonchev–Trinajstić information content (AvgIpc) is 2.95. The molecule has 1 aromatic rings. The van der Waals surface area contributed by atoms with Crippen LogP contribution in [0.25, 0.3) is 0 Å². The van der Waals surface area contributed by atoms with Gasteiger partial charge in [0.25, 0.3) is 0 Å². The maximum Gasteiger partial charge on any atom is 0.246 e. The molecule has 0 N–H and O–H groups in total. The summed E-state index contributed by atoms with van der Waals surface area (Å²) in [5.74, 6) is 0.364. The molecule has 0 aliphatic carbocycles. The largest absolute Gasteiger partial charge is 0.495 e. The molecule has 21 heavy (non-hydrogen) atoms. The van der Waals surface area contributed by atoms with Crippen LogP contribution in [0.15, 0.2) is 17.0 Å². The summed E-state index contributed by atoms with van der Waals surface area (Å²) in [5, 5.41) is 0.313. The monoisotopic (exact) mass is 353 g/mol. The highest BCUT2D eigenvalue weighted by Gasteiger charge is 2.35. The summed E-state index contributed by atoms with van der Waals surface area (Å²) in [6.45, 7) is 0.734. The predicted molar refractivity (Wildman–Crippen MR) is 81.7 cm³/mol. The summed E-state index contributed by atoms with van der Waals surface area (Å²) in [7, 11) is -0.702. The first-order valence-corrected chi connectivity index (χ1v) is 8.74. The Balaban J connectivity index is 2.47. The summed E-state index contributed by atoms with van der Waals surface area (Å²) in [5.41, 5.74) is 0.549. The zero-order chi connectivity index (χ0) is 15.6. The minimum Gasteiger partial charge on any atom is -0.495 e. The van der Waals surface area contributed by atoms with Crippen molar-refractivity contribution in [3.05, 3.63) is 22.7 Å². The Kier molecular flexibility index (Phi) is 5.38. The third-order valence-electron chi connectivity index (χ3n) is 3.50. The lowest BCUT2D eigenvalue weighted by Gasteiger charge is -2.19. The van der Waals surface area contributed by atoms with E-state index in [0.29, 0.717) is 30.1 Å². The normalized spacial score (nSPS) is 19.9. The number of ether oxygens (including phenoxy) is 2. The van der Waals surface area contributed by atoms with Crippen LogP contribution in [0.1, 0.15) is 12.0 Å². The van der Waals surface area contributed by atoms with E-state index in [1.165, 1.54) is 17.5 Å². The molecule has 0 aromatic heterocycles. The molecule has 1 aromatic carbocycles. The van der Waals surface area contributed by atoms with Crippen molar-refractivity contribution in [2.24, 2.45) is 0 Å². The zero-order valence-electron chi connectivity index (χ0n) is 11.8. The summed E-state index contributed by atoms with van der Waals surface area (Å²) >= 11 is 11.8. The molecule has 1 saturated heterocycles. The van der Waals surface area contributed by atoms with E-state index in [0.717, 1.165) is 0 Å². The van der Waals surface area contributed by atoms with E-state index in [2.05, 4.69) is 0 Å². The fraction of sp³-hybridized carbons (Fsp3) is 0.538. The van der Waals surface area contributed by atoms with E-state index >= 15 is 0 Å². The van der Waals surface area contributed by atoms with Crippen LogP contribution in [0.5, 0.6) is 5.75 Å². The second-order valence-electron chi connectivity index (χ2n) is 4.74. The van der Waals surface area contributed by atoms with Crippen molar-refractivity contribution in [1.29, 1.82) is 0 Å². The molecule has 8 heteroatoms. The first-order chi connectivity index (χ1) is 9.93. The van der Waals surface area contributed by atoms with E-state index in [-0.39, 0.29) is 22.6 Å². The molecule has 1 aliphatic heterocycles. The number of hydrogen-bond acceptors (Lipinski definition) is 4. The van der Waals surface area contributed by atoms with E-state index < -0.39 is 10.0 Å². The maximum absolute atomic E-state index is 12.8. The standard InChI is InChI=1S/C13H17Cl2NO4S/c1-19-11-3-4-16(8-11)21(17,18)12-6-10(15)5-9(7-14)13(12)20-2/h5-6,11H,3-4,7-8H2,1-2H3. The van der Waals surface area contributed by atoms with Gasteiger partial charge in [0.15, 0.2) is 0 Å². The van der Waals surface area contributed by atoms with Crippen molar-refractivity contribution in [3.8, 4) is 5.75 Å². The number of nitrogens with zero attached hydrogens (tertiary/aromatic N) is 1. The molecule has 0 bridgehead atoms. The van der Waals surface area contributed by atoms with Gasteiger partial charge in [-0.1, -0.05) is 11.6 Å². The lowest BCUT2D eigenvalue weighted by Crippen LogP contribution is -2.30. The summed E-state index contributed by atoms with van der Waals surface area (Å²) in [4.78, 5) is 0.0462. The Morgan fingerprint density at radius 3 is 2.62 bits per heavy atom. The Labute approximate surface area is 134 Å². The van der Waals surface area contributed by atoms with Crippen LogP contribution in [0.2, 0.25) is 5.02 Å². The SMILES string of the molecule is COc1c(CCl)cc(Cl)cc1S(=O)(=O)N1CCC(OC)C1. The third-order valence-corrected chi connectivity index (χ3v) is 5.88. The van der Waals surface area contributed by atoms with Gasteiger partial charge in [-0.15, -0.1) is 11.6 Å². The van der Waals surface area contributed by atoms with Gasteiger partial charge in [-0.3, -0.25) is 0 Å². The van der Waals surface area contributed by atoms with Gasteiger partial charge >= 0.3 is 0 Å². The van der Waals surface area contributed by atoms with Crippen LogP contribution >= 0.6 is 23.2 Å². The number of benzene rings is 1. The average molecular weight is 354 g/mol. The van der Waals surface area contributed by atoms with Crippen molar-refractivity contribution in [3.63, 3.8) is 0 Å². The van der Waals surface area contributed by atoms with Crippen molar-refractivity contribution in [1.82, 2.24) is 4.31 Å². The van der Waals surface area contributed by atoms with Gasteiger partial charge in [0.05, 0.1) is 19.1 Å². The molecule has 5 nitrogen and oxygen atoms in total. The molecule has 1 heterocycles. The molecule has 0 spiro atoms. The van der Waals surface area contributed by atoms with E-state index in [1.54, 1.807) is 13.2 Å².